The lowest BCUT2D eigenvalue weighted by atomic mass is 9.96. The van der Waals surface area contributed by atoms with Crippen molar-refractivity contribution in [2.24, 2.45) is 5.92 Å². The highest BCUT2D eigenvalue weighted by Gasteiger charge is 2.29. The summed E-state index contributed by atoms with van der Waals surface area (Å²) in [4.78, 5) is 32.6. The molecule has 1 saturated heterocycles. The lowest BCUT2D eigenvalue weighted by molar-refractivity contribution is -0.126. The number of likely N-dealkylation sites (tertiary alicyclic amines) is 1. The molecular weight excluding hydrogens is 398 g/mol. The average Bonchev–Trinajstić information content (AvgIpc) is 3.43. The summed E-state index contributed by atoms with van der Waals surface area (Å²) in [6.07, 6.45) is 5.85. The second-order valence-electron chi connectivity index (χ2n) is 7.56. The van der Waals surface area contributed by atoms with Crippen LogP contribution in [0.5, 0.6) is 0 Å². The van der Waals surface area contributed by atoms with E-state index in [-0.39, 0.29) is 17.7 Å². The van der Waals surface area contributed by atoms with Crippen LogP contribution in [0.15, 0.2) is 42.0 Å². The van der Waals surface area contributed by atoms with Crippen LogP contribution in [0.3, 0.4) is 0 Å². The van der Waals surface area contributed by atoms with Crippen LogP contribution in [-0.2, 0) is 11.2 Å². The van der Waals surface area contributed by atoms with Gasteiger partial charge in [0.15, 0.2) is 0 Å². The molecular formula is C22H25N5O2S. The number of hydrogen-bond donors (Lipinski definition) is 2. The number of amides is 2. The predicted octanol–water partition coefficient (Wildman–Crippen LogP) is 3.05. The lowest BCUT2D eigenvalue weighted by Crippen LogP contribution is -2.45. The first-order valence-corrected chi connectivity index (χ1v) is 11.1. The van der Waals surface area contributed by atoms with Crippen LogP contribution in [0.2, 0.25) is 0 Å². The van der Waals surface area contributed by atoms with Crippen molar-refractivity contribution in [1.29, 1.82) is 0 Å². The number of pyridine rings is 1. The number of hydrogen-bond acceptors (Lipinski definition) is 5. The van der Waals surface area contributed by atoms with Crippen molar-refractivity contribution < 1.29 is 9.59 Å². The summed E-state index contributed by atoms with van der Waals surface area (Å²) in [6, 6.07) is 7.56. The fraction of sp³-hybridized carbons (Fsp3) is 0.364. The van der Waals surface area contributed by atoms with E-state index < -0.39 is 0 Å². The van der Waals surface area contributed by atoms with Crippen molar-refractivity contribution >= 4 is 23.2 Å². The van der Waals surface area contributed by atoms with Gasteiger partial charge >= 0.3 is 0 Å². The molecule has 1 aliphatic rings. The van der Waals surface area contributed by atoms with Crippen molar-refractivity contribution in [1.82, 2.24) is 25.4 Å². The van der Waals surface area contributed by atoms with E-state index in [4.69, 9.17) is 0 Å². The normalized spacial score (nSPS) is 16.4. The maximum Gasteiger partial charge on any atom is 0.271 e. The molecule has 0 bridgehead atoms. The summed E-state index contributed by atoms with van der Waals surface area (Å²) in [5.41, 5.74) is 3.32. The molecule has 2 N–H and O–H groups in total. The first-order valence-electron chi connectivity index (χ1n) is 10.2. The molecule has 4 heterocycles. The Balaban J connectivity index is 1.33. The Bertz CT molecular complexity index is 1010. The Morgan fingerprint density at radius 3 is 2.90 bits per heavy atom. The van der Waals surface area contributed by atoms with Crippen LogP contribution >= 0.6 is 11.3 Å². The number of H-pyrrole nitrogens is 1. The van der Waals surface area contributed by atoms with E-state index in [9.17, 15) is 9.59 Å². The SMILES string of the molecule is Cc1ccsc1CCNC(=O)[C@H]1CCCN(C(=O)c2cc(-c3ccncc3)n[nH]2)C1. The minimum atomic E-state index is -0.172. The molecule has 0 saturated carbocycles. The van der Waals surface area contributed by atoms with Crippen LogP contribution in [0, 0.1) is 12.8 Å². The van der Waals surface area contributed by atoms with Gasteiger partial charge in [0.05, 0.1) is 11.6 Å². The molecule has 0 radical (unpaired) electrons. The fourth-order valence-electron chi connectivity index (χ4n) is 3.75. The van der Waals surface area contributed by atoms with Gasteiger partial charge in [-0.3, -0.25) is 19.7 Å². The molecule has 8 heteroatoms. The van der Waals surface area contributed by atoms with Crippen molar-refractivity contribution in [3.8, 4) is 11.3 Å². The Labute approximate surface area is 179 Å². The Morgan fingerprint density at radius 2 is 2.13 bits per heavy atom. The third-order valence-corrected chi connectivity index (χ3v) is 6.57. The van der Waals surface area contributed by atoms with E-state index in [0.717, 1.165) is 24.8 Å². The minimum absolute atomic E-state index is 0.0313. The van der Waals surface area contributed by atoms with Crippen molar-refractivity contribution in [3.05, 3.63) is 58.2 Å². The standard InChI is InChI=1S/C22H25N5O2S/c1-15-7-12-30-20(15)6-10-24-21(28)17-3-2-11-27(14-17)22(29)19-13-18(25-26-19)16-4-8-23-9-5-16/h4-5,7-9,12-13,17H,2-3,6,10-11,14H2,1H3,(H,24,28)(H,25,26)/t17-/m0/s1. The highest BCUT2D eigenvalue weighted by atomic mass is 32.1. The number of aromatic amines is 1. The Hall–Kier alpha value is -3.00. The van der Waals surface area contributed by atoms with Crippen LogP contribution in [-0.4, -0.2) is 51.5 Å². The van der Waals surface area contributed by atoms with Crippen molar-refractivity contribution in [3.63, 3.8) is 0 Å². The molecule has 1 fully saturated rings. The second-order valence-corrected chi connectivity index (χ2v) is 8.56. The molecule has 4 rings (SSSR count). The number of nitrogens with one attached hydrogen (secondary N) is 2. The number of rotatable bonds is 6. The number of aromatic nitrogens is 3. The van der Waals surface area contributed by atoms with E-state index in [1.54, 1.807) is 34.7 Å². The van der Waals surface area contributed by atoms with Crippen LogP contribution in [0.4, 0.5) is 0 Å². The summed E-state index contributed by atoms with van der Waals surface area (Å²) < 4.78 is 0. The van der Waals surface area contributed by atoms with Gasteiger partial charge in [-0.1, -0.05) is 0 Å². The van der Waals surface area contributed by atoms with Gasteiger partial charge in [0.2, 0.25) is 5.91 Å². The first kappa shape index (κ1) is 20.3. The molecule has 30 heavy (non-hydrogen) atoms. The van der Waals surface area contributed by atoms with Gasteiger partial charge in [0, 0.05) is 42.5 Å². The van der Waals surface area contributed by atoms with E-state index >= 15 is 0 Å². The van der Waals surface area contributed by atoms with Gasteiger partial charge in [0.1, 0.15) is 5.69 Å². The quantitative estimate of drug-likeness (QED) is 0.638. The monoisotopic (exact) mass is 423 g/mol. The number of carbonyl (C=O) groups excluding carboxylic acids is 2. The molecule has 0 aliphatic carbocycles. The zero-order valence-electron chi connectivity index (χ0n) is 16.9. The molecule has 3 aromatic rings. The van der Waals surface area contributed by atoms with Gasteiger partial charge in [-0.25, -0.2) is 0 Å². The van der Waals surface area contributed by atoms with E-state index in [1.807, 2.05) is 12.1 Å². The smallest absolute Gasteiger partial charge is 0.271 e. The third kappa shape index (κ3) is 4.59. The summed E-state index contributed by atoms with van der Waals surface area (Å²) in [6.45, 7) is 3.81. The van der Waals surface area contributed by atoms with Gasteiger partial charge in [0.25, 0.3) is 5.91 Å². The first-order chi connectivity index (χ1) is 14.6. The van der Waals surface area contributed by atoms with Crippen LogP contribution in [0.25, 0.3) is 11.3 Å². The molecule has 156 valence electrons. The van der Waals surface area contributed by atoms with Gasteiger partial charge in [-0.15, -0.1) is 11.3 Å². The summed E-state index contributed by atoms with van der Waals surface area (Å²) in [7, 11) is 0. The fourth-order valence-corrected chi connectivity index (χ4v) is 4.66. The molecule has 2 amide bonds. The largest absolute Gasteiger partial charge is 0.355 e. The zero-order chi connectivity index (χ0) is 20.9. The van der Waals surface area contributed by atoms with E-state index in [1.165, 1.54) is 10.4 Å². The Morgan fingerprint density at radius 1 is 1.30 bits per heavy atom. The summed E-state index contributed by atoms with van der Waals surface area (Å²) >= 11 is 1.72. The van der Waals surface area contributed by atoms with E-state index in [0.29, 0.717) is 31.0 Å². The lowest BCUT2D eigenvalue weighted by Gasteiger charge is -2.31. The van der Waals surface area contributed by atoms with E-state index in [2.05, 4.69) is 38.9 Å². The Kier molecular flexibility index (Phi) is 6.23. The molecule has 1 atom stereocenters. The maximum absolute atomic E-state index is 12.9. The third-order valence-electron chi connectivity index (χ3n) is 5.48. The number of thiophene rings is 1. The molecule has 0 aromatic carbocycles. The van der Waals surface area contributed by atoms with Crippen molar-refractivity contribution in [2.45, 2.75) is 26.2 Å². The second kappa shape index (κ2) is 9.21. The molecule has 0 spiro atoms. The van der Waals surface area contributed by atoms with Gasteiger partial charge in [-0.05, 0) is 61.4 Å². The molecule has 1 aliphatic heterocycles. The number of carbonyl (C=O) groups is 2. The molecule has 3 aromatic heterocycles. The maximum atomic E-state index is 12.9. The van der Waals surface area contributed by atoms with Gasteiger partial charge in [-0.2, -0.15) is 5.10 Å². The van der Waals surface area contributed by atoms with Gasteiger partial charge < -0.3 is 10.2 Å². The highest BCUT2D eigenvalue weighted by Crippen LogP contribution is 2.21. The zero-order valence-corrected chi connectivity index (χ0v) is 17.7. The van der Waals surface area contributed by atoms with Crippen LogP contribution in [0.1, 0.15) is 33.8 Å². The number of aryl methyl sites for hydroxylation is 1. The average molecular weight is 424 g/mol. The predicted molar refractivity (Wildman–Crippen MR) is 116 cm³/mol. The molecule has 0 unspecified atom stereocenters. The molecule has 7 nitrogen and oxygen atoms in total. The summed E-state index contributed by atoms with van der Waals surface area (Å²) in [5.74, 6) is -0.256. The number of piperidine rings is 1. The number of nitrogens with zero attached hydrogens (tertiary/aromatic N) is 3. The van der Waals surface area contributed by atoms with Crippen molar-refractivity contribution in [2.75, 3.05) is 19.6 Å². The summed E-state index contributed by atoms with van der Waals surface area (Å²) in [5, 5.41) is 12.2. The highest BCUT2D eigenvalue weighted by molar-refractivity contribution is 7.10. The minimum Gasteiger partial charge on any atom is -0.355 e. The van der Waals surface area contributed by atoms with Crippen LogP contribution < -0.4 is 5.32 Å². The topological polar surface area (TPSA) is 91.0 Å².